The van der Waals surface area contributed by atoms with Gasteiger partial charge in [-0.2, -0.15) is 0 Å². The standard InChI is InChI=1S/C5H7N3OS/c1-3-2-10-5(7-3)4(9)8-6/h2H,6H2,1H3,(H,8,9). The van der Waals surface area contributed by atoms with Gasteiger partial charge in [-0.3, -0.25) is 10.2 Å². The van der Waals surface area contributed by atoms with Crippen molar-refractivity contribution in [3.63, 3.8) is 0 Å². The number of aryl methyl sites for hydroxylation is 1. The minimum Gasteiger partial charge on any atom is -0.288 e. The molecule has 3 N–H and O–H groups in total. The summed E-state index contributed by atoms with van der Waals surface area (Å²) in [5.74, 6) is 4.55. The third kappa shape index (κ3) is 1.31. The van der Waals surface area contributed by atoms with E-state index in [1.165, 1.54) is 11.3 Å². The molecule has 4 nitrogen and oxygen atoms in total. The molecular weight excluding hydrogens is 150 g/mol. The second kappa shape index (κ2) is 2.76. The van der Waals surface area contributed by atoms with Crippen molar-refractivity contribution in [1.29, 1.82) is 0 Å². The highest BCUT2D eigenvalue weighted by Crippen LogP contribution is 2.07. The molecule has 1 rings (SSSR count). The van der Waals surface area contributed by atoms with Crippen molar-refractivity contribution in [2.75, 3.05) is 0 Å². The van der Waals surface area contributed by atoms with Gasteiger partial charge in [0.05, 0.1) is 0 Å². The molecule has 0 atom stereocenters. The molecule has 0 unspecified atom stereocenters. The number of nitrogens with one attached hydrogen (secondary N) is 1. The first kappa shape index (κ1) is 7.17. The zero-order valence-corrected chi connectivity index (χ0v) is 6.23. The normalized spacial score (nSPS) is 9.40. The molecule has 0 spiro atoms. The summed E-state index contributed by atoms with van der Waals surface area (Å²) in [4.78, 5) is 14.6. The third-order valence-corrected chi connectivity index (χ3v) is 1.90. The van der Waals surface area contributed by atoms with Gasteiger partial charge in [0.1, 0.15) is 0 Å². The first-order valence-electron chi connectivity index (χ1n) is 2.67. The second-order valence-electron chi connectivity index (χ2n) is 1.77. The fraction of sp³-hybridized carbons (Fsp3) is 0.200. The van der Waals surface area contributed by atoms with E-state index < -0.39 is 0 Å². The number of aromatic nitrogens is 1. The maximum Gasteiger partial charge on any atom is 0.294 e. The van der Waals surface area contributed by atoms with Crippen LogP contribution >= 0.6 is 11.3 Å². The monoisotopic (exact) mass is 157 g/mol. The van der Waals surface area contributed by atoms with Crippen LogP contribution in [0.25, 0.3) is 0 Å². The lowest BCUT2D eigenvalue weighted by Gasteiger charge is -1.89. The van der Waals surface area contributed by atoms with E-state index in [0.29, 0.717) is 5.01 Å². The number of carbonyl (C=O) groups is 1. The summed E-state index contributed by atoms with van der Waals surface area (Å²) < 4.78 is 0. The summed E-state index contributed by atoms with van der Waals surface area (Å²) >= 11 is 1.28. The van der Waals surface area contributed by atoms with Crippen LogP contribution in [0, 0.1) is 6.92 Å². The van der Waals surface area contributed by atoms with Gasteiger partial charge in [0.2, 0.25) is 0 Å². The van der Waals surface area contributed by atoms with Crippen LogP contribution in [0.4, 0.5) is 0 Å². The number of hydrogen-bond acceptors (Lipinski definition) is 4. The molecule has 1 aromatic heterocycles. The van der Waals surface area contributed by atoms with Gasteiger partial charge in [-0.1, -0.05) is 0 Å². The van der Waals surface area contributed by atoms with Crippen LogP contribution in [-0.4, -0.2) is 10.9 Å². The van der Waals surface area contributed by atoms with Gasteiger partial charge in [-0.15, -0.1) is 11.3 Å². The fourth-order valence-electron chi connectivity index (χ4n) is 0.520. The van der Waals surface area contributed by atoms with E-state index >= 15 is 0 Å². The van der Waals surface area contributed by atoms with Crippen LogP contribution in [0.15, 0.2) is 5.38 Å². The van der Waals surface area contributed by atoms with Gasteiger partial charge in [-0.05, 0) is 6.92 Å². The molecule has 0 aliphatic carbocycles. The molecule has 1 amide bonds. The van der Waals surface area contributed by atoms with Crippen LogP contribution in [0.5, 0.6) is 0 Å². The molecule has 10 heavy (non-hydrogen) atoms. The van der Waals surface area contributed by atoms with Crippen LogP contribution in [0.2, 0.25) is 0 Å². The van der Waals surface area contributed by atoms with E-state index in [0.717, 1.165) is 5.69 Å². The van der Waals surface area contributed by atoms with Crippen molar-refractivity contribution in [3.05, 3.63) is 16.1 Å². The molecule has 1 heterocycles. The smallest absolute Gasteiger partial charge is 0.288 e. The Kier molecular flexibility index (Phi) is 1.98. The molecule has 0 aliphatic heterocycles. The maximum atomic E-state index is 10.7. The first-order valence-corrected chi connectivity index (χ1v) is 3.55. The van der Waals surface area contributed by atoms with Crippen LogP contribution in [0.1, 0.15) is 15.5 Å². The molecule has 5 heteroatoms. The molecule has 0 aliphatic rings. The Hall–Kier alpha value is -0.940. The van der Waals surface area contributed by atoms with Crippen molar-refractivity contribution in [1.82, 2.24) is 10.4 Å². The predicted octanol–water partition coefficient (Wildman–Crippen LogP) is 0.0550. The van der Waals surface area contributed by atoms with E-state index in [1.807, 2.05) is 12.3 Å². The van der Waals surface area contributed by atoms with E-state index in [4.69, 9.17) is 5.84 Å². The average Bonchev–Trinajstić information content (AvgIpc) is 2.34. The zero-order valence-electron chi connectivity index (χ0n) is 5.42. The molecule has 0 fully saturated rings. The van der Waals surface area contributed by atoms with E-state index in [-0.39, 0.29) is 5.91 Å². The Morgan fingerprint density at radius 2 is 2.60 bits per heavy atom. The number of nitrogen functional groups attached to an aromatic ring is 1. The van der Waals surface area contributed by atoms with Crippen LogP contribution in [-0.2, 0) is 0 Å². The number of rotatable bonds is 1. The molecule has 1 aromatic rings. The minimum absolute atomic E-state index is 0.335. The van der Waals surface area contributed by atoms with E-state index in [1.54, 1.807) is 5.38 Å². The first-order chi connectivity index (χ1) is 4.74. The van der Waals surface area contributed by atoms with Gasteiger partial charge < -0.3 is 0 Å². The lowest BCUT2D eigenvalue weighted by atomic mass is 10.6. The number of nitrogens with zero attached hydrogens (tertiary/aromatic N) is 1. The van der Waals surface area contributed by atoms with Gasteiger partial charge in [0.15, 0.2) is 5.01 Å². The highest BCUT2D eigenvalue weighted by molar-refractivity contribution is 7.11. The van der Waals surface area contributed by atoms with Crippen molar-refractivity contribution in [3.8, 4) is 0 Å². The lowest BCUT2D eigenvalue weighted by molar-refractivity contribution is 0.0953. The number of hydrogen-bond donors (Lipinski definition) is 2. The third-order valence-electron chi connectivity index (χ3n) is 0.944. The highest BCUT2D eigenvalue weighted by Gasteiger charge is 2.05. The van der Waals surface area contributed by atoms with E-state index in [9.17, 15) is 4.79 Å². The SMILES string of the molecule is Cc1csc(C(=O)NN)n1. The Labute approximate surface area is 62.0 Å². The molecular formula is C5H7N3OS. The summed E-state index contributed by atoms with van der Waals surface area (Å²) in [6, 6.07) is 0. The maximum absolute atomic E-state index is 10.7. The number of nitrogens with two attached hydrogens (primary N) is 1. The zero-order chi connectivity index (χ0) is 7.56. The molecule has 0 radical (unpaired) electrons. The van der Waals surface area contributed by atoms with E-state index in [2.05, 4.69) is 4.98 Å². The van der Waals surface area contributed by atoms with Crippen molar-refractivity contribution in [2.24, 2.45) is 5.84 Å². The van der Waals surface area contributed by atoms with Crippen molar-refractivity contribution in [2.45, 2.75) is 6.92 Å². The molecule has 54 valence electrons. The van der Waals surface area contributed by atoms with Crippen LogP contribution in [0.3, 0.4) is 0 Å². The number of thiazole rings is 1. The van der Waals surface area contributed by atoms with Crippen molar-refractivity contribution >= 4 is 17.2 Å². The molecule has 0 saturated carbocycles. The Bertz CT molecular complexity index is 245. The molecule has 0 aromatic carbocycles. The van der Waals surface area contributed by atoms with Gasteiger partial charge >= 0.3 is 0 Å². The topological polar surface area (TPSA) is 68.0 Å². The van der Waals surface area contributed by atoms with Gasteiger partial charge in [0, 0.05) is 11.1 Å². The summed E-state index contributed by atoms with van der Waals surface area (Å²) in [6.45, 7) is 1.82. The van der Waals surface area contributed by atoms with Crippen molar-refractivity contribution < 1.29 is 4.79 Å². The second-order valence-corrected chi connectivity index (χ2v) is 2.63. The Balaban J connectivity index is 2.85. The lowest BCUT2D eigenvalue weighted by Crippen LogP contribution is -2.29. The van der Waals surface area contributed by atoms with Crippen LogP contribution < -0.4 is 11.3 Å². The Morgan fingerprint density at radius 3 is 3.00 bits per heavy atom. The largest absolute Gasteiger partial charge is 0.294 e. The summed E-state index contributed by atoms with van der Waals surface area (Å²) in [5.41, 5.74) is 2.84. The molecule has 0 bridgehead atoms. The average molecular weight is 157 g/mol. The quantitative estimate of drug-likeness (QED) is 0.344. The fourth-order valence-corrected chi connectivity index (χ4v) is 1.22. The highest BCUT2D eigenvalue weighted by atomic mass is 32.1. The van der Waals surface area contributed by atoms with Gasteiger partial charge in [0.25, 0.3) is 5.91 Å². The molecule has 0 saturated heterocycles. The van der Waals surface area contributed by atoms with Gasteiger partial charge in [-0.25, -0.2) is 10.8 Å². The predicted molar refractivity (Wildman–Crippen MR) is 38.5 cm³/mol. The summed E-state index contributed by atoms with van der Waals surface area (Å²) in [7, 11) is 0. The summed E-state index contributed by atoms with van der Waals surface area (Å²) in [5, 5.41) is 2.20. The minimum atomic E-state index is -0.335. The number of carbonyl (C=O) groups excluding carboxylic acids is 1. The summed E-state index contributed by atoms with van der Waals surface area (Å²) in [6.07, 6.45) is 0. The number of hydrazine groups is 1. The Morgan fingerprint density at radius 1 is 1.90 bits per heavy atom. The number of amides is 1.